The van der Waals surface area contributed by atoms with Crippen molar-refractivity contribution in [1.82, 2.24) is 0 Å². The molecule has 1 unspecified atom stereocenters. The first kappa shape index (κ1) is 7.14. The van der Waals surface area contributed by atoms with Crippen molar-refractivity contribution in [3.8, 4) is 12.3 Å². The van der Waals surface area contributed by atoms with Gasteiger partial charge in [-0.05, 0) is 25.7 Å². The SMILES string of the molecule is C#CC(=O)OC(C)C1CC1. The van der Waals surface area contributed by atoms with E-state index in [4.69, 9.17) is 11.2 Å². The fourth-order valence-corrected chi connectivity index (χ4v) is 0.865. The molecule has 0 radical (unpaired) electrons. The number of rotatable bonds is 2. The molecule has 0 heterocycles. The Morgan fingerprint density at radius 2 is 2.40 bits per heavy atom. The molecule has 1 rings (SSSR count). The van der Waals surface area contributed by atoms with Crippen LogP contribution in [0.2, 0.25) is 0 Å². The average molecular weight is 138 g/mol. The lowest BCUT2D eigenvalue weighted by atomic mass is 10.3. The number of terminal acetylenes is 1. The molecule has 0 aliphatic heterocycles. The molecule has 2 heteroatoms. The van der Waals surface area contributed by atoms with Crippen molar-refractivity contribution >= 4 is 5.97 Å². The van der Waals surface area contributed by atoms with E-state index in [0.29, 0.717) is 5.92 Å². The minimum Gasteiger partial charge on any atom is -0.453 e. The molecule has 0 amide bonds. The number of carbonyl (C=O) groups excluding carboxylic acids is 1. The molecule has 1 aliphatic carbocycles. The van der Waals surface area contributed by atoms with Gasteiger partial charge in [-0.25, -0.2) is 4.79 Å². The second-order valence-electron chi connectivity index (χ2n) is 2.59. The van der Waals surface area contributed by atoms with Crippen molar-refractivity contribution in [2.75, 3.05) is 0 Å². The van der Waals surface area contributed by atoms with Gasteiger partial charge in [0, 0.05) is 5.92 Å². The maximum Gasteiger partial charge on any atom is 0.384 e. The van der Waals surface area contributed by atoms with Gasteiger partial charge in [0.1, 0.15) is 6.10 Å². The van der Waals surface area contributed by atoms with Crippen LogP contribution in [0.1, 0.15) is 19.8 Å². The molecule has 0 spiro atoms. The topological polar surface area (TPSA) is 26.3 Å². The van der Waals surface area contributed by atoms with Gasteiger partial charge >= 0.3 is 5.97 Å². The molecule has 1 aliphatic rings. The zero-order valence-electron chi connectivity index (χ0n) is 5.96. The minimum absolute atomic E-state index is 0.0172. The normalized spacial score (nSPS) is 19.2. The molecular weight excluding hydrogens is 128 g/mol. The van der Waals surface area contributed by atoms with Crippen molar-refractivity contribution in [3.63, 3.8) is 0 Å². The fraction of sp³-hybridized carbons (Fsp3) is 0.625. The van der Waals surface area contributed by atoms with Crippen LogP contribution in [-0.4, -0.2) is 12.1 Å². The van der Waals surface area contributed by atoms with Crippen molar-refractivity contribution < 1.29 is 9.53 Å². The number of esters is 1. The average Bonchev–Trinajstić information content (AvgIpc) is 2.68. The maximum atomic E-state index is 10.5. The molecule has 0 N–H and O–H groups in total. The third kappa shape index (κ3) is 1.77. The van der Waals surface area contributed by atoms with Gasteiger partial charge < -0.3 is 4.74 Å². The molecule has 0 aromatic rings. The summed E-state index contributed by atoms with van der Waals surface area (Å²) in [5.74, 6) is 1.94. The zero-order valence-corrected chi connectivity index (χ0v) is 5.96. The molecule has 0 aromatic carbocycles. The Hall–Kier alpha value is -0.970. The first-order valence-electron chi connectivity index (χ1n) is 3.41. The Balaban J connectivity index is 2.24. The van der Waals surface area contributed by atoms with Gasteiger partial charge in [0.15, 0.2) is 0 Å². The highest BCUT2D eigenvalue weighted by Gasteiger charge is 2.30. The summed E-state index contributed by atoms with van der Waals surface area (Å²) in [6.45, 7) is 1.88. The minimum atomic E-state index is -0.542. The third-order valence-corrected chi connectivity index (χ3v) is 1.70. The second kappa shape index (κ2) is 2.74. The standard InChI is InChI=1S/C8H10O2/c1-3-8(9)10-6(2)7-4-5-7/h1,6-7H,4-5H2,2H3. The van der Waals surface area contributed by atoms with E-state index in [1.807, 2.05) is 12.8 Å². The summed E-state index contributed by atoms with van der Waals surface area (Å²) in [6.07, 6.45) is 7.16. The van der Waals surface area contributed by atoms with Gasteiger partial charge in [0.05, 0.1) is 0 Å². The van der Waals surface area contributed by atoms with Crippen molar-refractivity contribution in [3.05, 3.63) is 0 Å². The predicted octanol–water partition coefficient (Wildman–Crippen LogP) is 0.961. The molecule has 0 saturated heterocycles. The van der Waals surface area contributed by atoms with Gasteiger partial charge in [-0.2, -0.15) is 0 Å². The van der Waals surface area contributed by atoms with Crippen LogP contribution in [-0.2, 0) is 9.53 Å². The molecule has 10 heavy (non-hydrogen) atoms. The third-order valence-electron chi connectivity index (χ3n) is 1.70. The van der Waals surface area contributed by atoms with Crippen molar-refractivity contribution in [1.29, 1.82) is 0 Å². The Kier molecular flexibility index (Phi) is 1.96. The molecule has 0 aromatic heterocycles. The number of carbonyl (C=O) groups is 1. The lowest BCUT2D eigenvalue weighted by molar-refractivity contribution is -0.141. The Morgan fingerprint density at radius 3 is 2.80 bits per heavy atom. The van der Waals surface area contributed by atoms with Crippen LogP contribution < -0.4 is 0 Å². The summed E-state index contributed by atoms with van der Waals surface area (Å²) >= 11 is 0. The highest BCUT2D eigenvalue weighted by Crippen LogP contribution is 2.33. The quantitative estimate of drug-likeness (QED) is 0.323. The summed E-state index contributed by atoms with van der Waals surface area (Å²) in [5, 5.41) is 0. The van der Waals surface area contributed by atoms with Crippen LogP contribution in [0, 0.1) is 18.3 Å². The summed E-state index contributed by atoms with van der Waals surface area (Å²) in [4.78, 5) is 10.5. The van der Waals surface area contributed by atoms with Gasteiger partial charge in [-0.15, -0.1) is 6.42 Å². The maximum absolute atomic E-state index is 10.5. The van der Waals surface area contributed by atoms with E-state index < -0.39 is 5.97 Å². The molecule has 1 fully saturated rings. The van der Waals surface area contributed by atoms with E-state index in [9.17, 15) is 4.79 Å². The van der Waals surface area contributed by atoms with Crippen LogP contribution in [0.5, 0.6) is 0 Å². The first-order valence-corrected chi connectivity index (χ1v) is 3.41. The van der Waals surface area contributed by atoms with Crippen LogP contribution >= 0.6 is 0 Å². The monoisotopic (exact) mass is 138 g/mol. The predicted molar refractivity (Wildman–Crippen MR) is 37.1 cm³/mol. The van der Waals surface area contributed by atoms with Crippen LogP contribution in [0.15, 0.2) is 0 Å². The van der Waals surface area contributed by atoms with E-state index in [1.165, 1.54) is 12.8 Å². The summed E-state index contributed by atoms with van der Waals surface area (Å²) in [5.41, 5.74) is 0. The van der Waals surface area contributed by atoms with E-state index in [-0.39, 0.29) is 6.10 Å². The zero-order chi connectivity index (χ0) is 7.56. The smallest absolute Gasteiger partial charge is 0.384 e. The number of hydrogen-bond acceptors (Lipinski definition) is 2. The molecule has 54 valence electrons. The molecule has 1 atom stereocenters. The van der Waals surface area contributed by atoms with Crippen molar-refractivity contribution in [2.24, 2.45) is 5.92 Å². The van der Waals surface area contributed by atoms with E-state index in [1.54, 1.807) is 0 Å². The van der Waals surface area contributed by atoms with Crippen LogP contribution in [0.4, 0.5) is 0 Å². The lowest BCUT2D eigenvalue weighted by Gasteiger charge is -2.07. The Labute approximate surface area is 60.6 Å². The molecular formula is C8H10O2. The largest absolute Gasteiger partial charge is 0.453 e. The number of hydrogen-bond donors (Lipinski definition) is 0. The highest BCUT2D eigenvalue weighted by molar-refractivity contribution is 5.87. The van der Waals surface area contributed by atoms with Gasteiger partial charge in [-0.1, -0.05) is 0 Å². The van der Waals surface area contributed by atoms with E-state index >= 15 is 0 Å². The summed E-state index contributed by atoms with van der Waals surface area (Å²) < 4.78 is 4.85. The van der Waals surface area contributed by atoms with Crippen LogP contribution in [0.25, 0.3) is 0 Å². The second-order valence-corrected chi connectivity index (χ2v) is 2.59. The Morgan fingerprint density at radius 1 is 1.80 bits per heavy atom. The number of ether oxygens (including phenoxy) is 1. The first-order chi connectivity index (χ1) is 4.74. The summed E-state index contributed by atoms with van der Waals surface area (Å²) in [7, 11) is 0. The van der Waals surface area contributed by atoms with Gasteiger partial charge in [0.25, 0.3) is 0 Å². The van der Waals surface area contributed by atoms with Crippen LogP contribution in [0.3, 0.4) is 0 Å². The lowest BCUT2D eigenvalue weighted by Crippen LogP contribution is -2.14. The highest BCUT2D eigenvalue weighted by atomic mass is 16.5. The van der Waals surface area contributed by atoms with E-state index in [2.05, 4.69) is 0 Å². The fourth-order valence-electron chi connectivity index (χ4n) is 0.865. The molecule has 2 nitrogen and oxygen atoms in total. The van der Waals surface area contributed by atoms with Crippen molar-refractivity contribution in [2.45, 2.75) is 25.9 Å². The Bertz CT molecular complexity index is 174. The van der Waals surface area contributed by atoms with Gasteiger partial charge in [-0.3, -0.25) is 0 Å². The van der Waals surface area contributed by atoms with Gasteiger partial charge in [0.2, 0.25) is 0 Å². The van der Waals surface area contributed by atoms with E-state index in [0.717, 1.165) is 0 Å². The molecule has 1 saturated carbocycles. The molecule has 0 bridgehead atoms. The summed E-state index contributed by atoms with van der Waals surface area (Å²) in [6, 6.07) is 0.